The molecule has 34 heavy (non-hydrogen) atoms. The van der Waals surface area contributed by atoms with Crippen LogP contribution in [0.3, 0.4) is 0 Å². The fourth-order valence-corrected chi connectivity index (χ4v) is 7.47. The molecular formula is C27H37N3O4. The third-order valence-corrected chi connectivity index (χ3v) is 8.64. The maximum Gasteiger partial charge on any atom is 0.337 e. The SMILES string of the molecule is COC(=O)c1ccc(CN2CCN(C(=O)CNC(=O)CC34CC5CC(CC(C5)C3)C4)CC2)cc1. The molecule has 1 aromatic carbocycles. The summed E-state index contributed by atoms with van der Waals surface area (Å²) >= 11 is 0. The second kappa shape index (κ2) is 9.68. The molecule has 0 unspecified atom stereocenters. The predicted octanol–water partition coefficient (Wildman–Crippen LogP) is 2.84. The average molecular weight is 468 g/mol. The molecule has 2 amide bonds. The second-order valence-corrected chi connectivity index (χ2v) is 11.2. The van der Waals surface area contributed by atoms with Gasteiger partial charge in [-0.3, -0.25) is 14.5 Å². The van der Waals surface area contributed by atoms with Crippen LogP contribution < -0.4 is 5.32 Å². The molecule has 0 radical (unpaired) electrons. The van der Waals surface area contributed by atoms with Crippen LogP contribution >= 0.6 is 0 Å². The van der Waals surface area contributed by atoms with Gasteiger partial charge in [0.2, 0.25) is 11.8 Å². The maximum atomic E-state index is 12.7. The highest BCUT2D eigenvalue weighted by Gasteiger charge is 2.51. The number of methoxy groups -OCH3 is 1. The summed E-state index contributed by atoms with van der Waals surface area (Å²) in [5.74, 6) is 2.25. The molecule has 1 aromatic rings. The Morgan fingerprint density at radius 1 is 0.941 bits per heavy atom. The summed E-state index contributed by atoms with van der Waals surface area (Å²) in [6.07, 6.45) is 8.39. The zero-order valence-corrected chi connectivity index (χ0v) is 20.3. The molecule has 0 spiro atoms. The lowest BCUT2D eigenvalue weighted by molar-refractivity contribution is -0.136. The monoisotopic (exact) mass is 467 g/mol. The van der Waals surface area contributed by atoms with Gasteiger partial charge in [-0.1, -0.05) is 12.1 Å². The van der Waals surface area contributed by atoms with Gasteiger partial charge in [0.1, 0.15) is 0 Å². The molecule has 1 aliphatic heterocycles. The van der Waals surface area contributed by atoms with Crippen molar-refractivity contribution in [1.29, 1.82) is 0 Å². The summed E-state index contributed by atoms with van der Waals surface area (Å²) in [6, 6.07) is 7.46. The average Bonchev–Trinajstić information content (AvgIpc) is 2.82. The Balaban J connectivity index is 1.03. The number of esters is 1. The van der Waals surface area contributed by atoms with E-state index >= 15 is 0 Å². The molecule has 4 aliphatic carbocycles. The molecule has 1 saturated heterocycles. The van der Waals surface area contributed by atoms with Crippen molar-refractivity contribution in [3.05, 3.63) is 35.4 Å². The molecule has 7 heteroatoms. The van der Waals surface area contributed by atoms with Gasteiger partial charge in [0.15, 0.2) is 0 Å². The number of amides is 2. The summed E-state index contributed by atoms with van der Waals surface area (Å²) in [7, 11) is 1.38. The summed E-state index contributed by atoms with van der Waals surface area (Å²) in [5, 5.41) is 2.94. The molecule has 1 heterocycles. The Hall–Kier alpha value is -2.41. The van der Waals surface area contributed by atoms with Gasteiger partial charge in [0.25, 0.3) is 0 Å². The van der Waals surface area contributed by atoms with E-state index in [4.69, 9.17) is 4.74 Å². The standard InChI is InChI=1S/C27H37N3O4/c1-34-26(33)23-4-2-19(3-5-23)18-29-6-8-30(9-7-29)25(32)17-28-24(31)16-27-13-20-10-21(14-27)12-22(11-20)15-27/h2-5,20-22H,6-18H2,1H3,(H,28,31). The van der Waals surface area contributed by atoms with Gasteiger partial charge in [0.05, 0.1) is 19.2 Å². The topological polar surface area (TPSA) is 79.0 Å². The summed E-state index contributed by atoms with van der Waals surface area (Å²) in [5.41, 5.74) is 1.89. The Morgan fingerprint density at radius 2 is 1.53 bits per heavy atom. The van der Waals surface area contributed by atoms with Crippen molar-refractivity contribution < 1.29 is 19.1 Å². The lowest BCUT2D eigenvalue weighted by Gasteiger charge is -2.56. The number of carbonyl (C=O) groups is 3. The van der Waals surface area contributed by atoms with Crippen LogP contribution in [-0.2, 0) is 20.9 Å². The molecule has 4 saturated carbocycles. The van der Waals surface area contributed by atoms with Gasteiger partial charge in [-0.05, 0) is 79.4 Å². The number of nitrogens with zero attached hydrogens (tertiary/aromatic N) is 2. The quantitative estimate of drug-likeness (QED) is 0.624. The van der Waals surface area contributed by atoms with E-state index in [2.05, 4.69) is 10.2 Å². The second-order valence-electron chi connectivity index (χ2n) is 11.2. The number of hydrogen-bond acceptors (Lipinski definition) is 5. The van der Waals surface area contributed by atoms with Crippen LogP contribution in [0.25, 0.3) is 0 Å². The Morgan fingerprint density at radius 3 is 2.09 bits per heavy atom. The van der Waals surface area contributed by atoms with Crippen molar-refractivity contribution in [1.82, 2.24) is 15.1 Å². The molecular weight excluding hydrogens is 430 g/mol. The van der Waals surface area contributed by atoms with Crippen LogP contribution in [-0.4, -0.2) is 67.4 Å². The smallest absolute Gasteiger partial charge is 0.337 e. The van der Waals surface area contributed by atoms with Gasteiger partial charge in [-0.15, -0.1) is 0 Å². The van der Waals surface area contributed by atoms with Crippen LogP contribution in [0.5, 0.6) is 0 Å². The highest BCUT2D eigenvalue weighted by Crippen LogP contribution is 2.61. The molecule has 5 aliphatic rings. The Kier molecular flexibility index (Phi) is 6.65. The normalized spacial score (nSPS) is 30.3. The van der Waals surface area contributed by atoms with E-state index < -0.39 is 0 Å². The minimum atomic E-state index is -0.330. The van der Waals surface area contributed by atoms with E-state index in [0.29, 0.717) is 25.1 Å². The molecule has 4 bridgehead atoms. The van der Waals surface area contributed by atoms with Crippen molar-refractivity contribution in [3.8, 4) is 0 Å². The number of benzene rings is 1. The predicted molar refractivity (Wildman–Crippen MR) is 128 cm³/mol. The summed E-state index contributed by atoms with van der Waals surface area (Å²) in [6.45, 7) is 3.83. The number of hydrogen-bond donors (Lipinski definition) is 1. The fourth-order valence-electron chi connectivity index (χ4n) is 7.47. The highest BCUT2D eigenvalue weighted by atomic mass is 16.5. The number of carbonyl (C=O) groups excluding carboxylic acids is 3. The van der Waals surface area contributed by atoms with E-state index in [1.54, 1.807) is 12.1 Å². The van der Waals surface area contributed by atoms with Crippen LogP contribution in [0.2, 0.25) is 0 Å². The lowest BCUT2D eigenvalue weighted by atomic mass is 9.49. The van der Waals surface area contributed by atoms with E-state index in [9.17, 15) is 14.4 Å². The van der Waals surface area contributed by atoms with Crippen molar-refractivity contribution >= 4 is 17.8 Å². The fraction of sp³-hybridized carbons (Fsp3) is 0.667. The first-order chi connectivity index (χ1) is 16.4. The van der Waals surface area contributed by atoms with Gasteiger partial charge in [0, 0.05) is 39.1 Å². The first-order valence-corrected chi connectivity index (χ1v) is 12.9. The Bertz CT molecular complexity index is 885. The Labute approximate surface area is 202 Å². The molecule has 1 N–H and O–H groups in total. The molecule has 6 rings (SSSR count). The van der Waals surface area contributed by atoms with Gasteiger partial charge in [-0.2, -0.15) is 0 Å². The van der Waals surface area contributed by atoms with Crippen LogP contribution in [0.15, 0.2) is 24.3 Å². The molecule has 5 fully saturated rings. The first-order valence-electron chi connectivity index (χ1n) is 12.9. The van der Waals surface area contributed by atoms with Gasteiger partial charge >= 0.3 is 5.97 Å². The molecule has 0 aromatic heterocycles. The summed E-state index contributed by atoms with van der Waals surface area (Å²) < 4.78 is 4.74. The highest BCUT2D eigenvalue weighted by molar-refractivity contribution is 5.89. The number of rotatable bonds is 7. The molecule has 7 nitrogen and oxygen atoms in total. The van der Waals surface area contributed by atoms with Gasteiger partial charge < -0.3 is 15.0 Å². The van der Waals surface area contributed by atoms with Crippen LogP contribution in [0.1, 0.15) is 60.9 Å². The number of ether oxygens (including phenoxy) is 1. The number of nitrogens with one attached hydrogen (secondary N) is 1. The minimum absolute atomic E-state index is 0.0148. The zero-order chi connectivity index (χ0) is 23.7. The van der Waals surface area contributed by atoms with Gasteiger partial charge in [-0.25, -0.2) is 4.79 Å². The van der Waals surface area contributed by atoms with Crippen LogP contribution in [0, 0.1) is 23.2 Å². The van der Waals surface area contributed by atoms with Crippen molar-refractivity contribution in [3.63, 3.8) is 0 Å². The maximum absolute atomic E-state index is 12.7. The molecule has 184 valence electrons. The molecule has 0 atom stereocenters. The minimum Gasteiger partial charge on any atom is -0.465 e. The van der Waals surface area contributed by atoms with E-state index in [1.165, 1.54) is 45.6 Å². The van der Waals surface area contributed by atoms with E-state index in [0.717, 1.165) is 43.0 Å². The third-order valence-electron chi connectivity index (χ3n) is 8.64. The van der Waals surface area contributed by atoms with Crippen molar-refractivity contribution in [2.75, 3.05) is 39.8 Å². The van der Waals surface area contributed by atoms with Crippen molar-refractivity contribution in [2.45, 2.75) is 51.5 Å². The third kappa shape index (κ3) is 5.14. The van der Waals surface area contributed by atoms with E-state index in [1.807, 2.05) is 17.0 Å². The van der Waals surface area contributed by atoms with E-state index in [-0.39, 0.29) is 29.7 Å². The number of piperazine rings is 1. The summed E-state index contributed by atoms with van der Waals surface area (Å²) in [4.78, 5) is 41.2. The largest absolute Gasteiger partial charge is 0.465 e. The van der Waals surface area contributed by atoms with Crippen molar-refractivity contribution in [2.24, 2.45) is 23.2 Å². The van der Waals surface area contributed by atoms with Crippen LogP contribution in [0.4, 0.5) is 0 Å². The zero-order valence-electron chi connectivity index (χ0n) is 20.3. The first kappa shape index (κ1) is 23.3. The lowest BCUT2D eigenvalue weighted by Crippen LogP contribution is -2.51.